The molecule has 2 aromatic carbocycles. The van der Waals surface area contributed by atoms with Gasteiger partial charge < -0.3 is 25.3 Å². The van der Waals surface area contributed by atoms with E-state index in [1.54, 1.807) is 6.20 Å². The number of H-pyrrole nitrogens is 1. The average molecular weight is 411 g/mol. The Morgan fingerprint density at radius 3 is 2.13 bits per heavy atom. The highest BCUT2D eigenvalue weighted by Crippen LogP contribution is 2.18. The molecule has 9 nitrogen and oxygen atoms in total. The summed E-state index contributed by atoms with van der Waals surface area (Å²) in [5.41, 5.74) is 2.91. The molecular formula is C21H21N3O6. The van der Waals surface area contributed by atoms with Crippen LogP contribution in [0, 0.1) is 0 Å². The normalized spacial score (nSPS) is 10.8. The van der Waals surface area contributed by atoms with Gasteiger partial charge in [-0.25, -0.2) is 19.4 Å². The van der Waals surface area contributed by atoms with Gasteiger partial charge in [-0.3, -0.25) is 0 Å². The molecule has 0 bridgehead atoms. The molecule has 0 saturated carbocycles. The number of ether oxygens (including phenoxy) is 1. The first-order chi connectivity index (χ1) is 14.4. The van der Waals surface area contributed by atoms with Crippen LogP contribution < -0.4 is 5.32 Å². The number of carbonyl (C=O) groups excluding carboxylic acids is 1. The van der Waals surface area contributed by atoms with Crippen LogP contribution in [-0.4, -0.2) is 38.2 Å². The van der Waals surface area contributed by atoms with Crippen molar-refractivity contribution in [3.05, 3.63) is 78.2 Å². The number of aromatic nitrogens is 2. The minimum atomic E-state index is -1.82. The van der Waals surface area contributed by atoms with Gasteiger partial charge in [-0.15, -0.1) is 0 Å². The zero-order valence-corrected chi connectivity index (χ0v) is 16.1. The predicted molar refractivity (Wildman–Crippen MR) is 107 cm³/mol. The van der Waals surface area contributed by atoms with Gasteiger partial charge in [0.15, 0.2) is 0 Å². The Morgan fingerprint density at radius 2 is 1.57 bits per heavy atom. The summed E-state index contributed by atoms with van der Waals surface area (Å²) in [5, 5.41) is 17.6. The highest BCUT2D eigenvalue weighted by atomic mass is 16.5. The Hall–Kier alpha value is -4.14. The minimum absolute atomic E-state index is 0.243. The molecule has 9 heteroatoms. The Balaban J connectivity index is 0.000000469. The fourth-order valence-corrected chi connectivity index (χ4v) is 2.33. The Kier molecular flexibility index (Phi) is 8.13. The molecule has 156 valence electrons. The number of aromatic amines is 1. The molecule has 0 aliphatic rings. The number of aliphatic carboxylic acids is 2. The molecule has 1 amide bonds. The van der Waals surface area contributed by atoms with Crippen LogP contribution in [0.25, 0.3) is 11.3 Å². The molecule has 1 atom stereocenters. The molecule has 0 radical (unpaired) electrons. The molecule has 0 saturated heterocycles. The summed E-state index contributed by atoms with van der Waals surface area (Å²) in [6, 6.07) is 19.2. The number of hydrogen-bond donors (Lipinski definition) is 4. The van der Waals surface area contributed by atoms with Crippen molar-refractivity contribution in [3.8, 4) is 11.3 Å². The number of nitrogens with zero attached hydrogens (tertiary/aromatic N) is 1. The van der Waals surface area contributed by atoms with E-state index in [0.717, 1.165) is 16.8 Å². The maximum atomic E-state index is 11.9. The van der Waals surface area contributed by atoms with Gasteiger partial charge in [0.2, 0.25) is 0 Å². The number of rotatable bonds is 5. The summed E-state index contributed by atoms with van der Waals surface area (Å²) in [7, 11) is 0. The Labute approximate surface area is 172 Å². The summed E-state index contributed by atoms with van der Waals surface area (Å²) in [5.74, 6) is -2.96. The highest BCUT2D eigenvalue weighted by molar-refractivity contribution is 6.27. The van der Waals surface area contributed by atoms with Crippen molar-refractivity contribution in [1.82, 2.24) is 15.3 Å². The van der Waals surface area contributed by atoms with Gasteiger partial charge >= 0.3 is 18.0 Å². The zero-order valence-electron chi connectivity index (χ0n) is 16.1. The minimum Gasteiger partial charge on any atom is -0.473 e. The van der Waals surface area contributed by atoms with Gasteiger partial charge in [-0.1, -0.05) is 60.7 Å². The van der Waals surface area contributed by atoms with Crippen molar-refractivity contribution in [3.63, 3.8) is 0 Å². The largest absolute Gasteiger partial charge is 0.473 e. The molecule has 0 unspecified atom stereocenters. The van der Waals surface area contributed by atoms with Crippen LogP contribution in [0.15, 0.2) is 66.9 Å². The average Bonchev–Trinajstić information content (AvgIpc) is 3.24. The molecule has 3 aromatic rings. The van der Waals surface area contributed by atoms with E-state index < -0.39 is 18.0 Å². The van der Waals surface area contributed by atoms with E-state index in [1.165, 1.54) is 0 Å². The van der Waals surface area contributed by atoms with Crippen LogP contribution in [-0.2, 0) is 20.9 Å². The number of carbonyl (C=O) groups is 3. The van der Waals surface area contributed by atoms with E-state index in [1.807, 2.05) is 67.6 Å². The van der Waals surface area contributed by atoms with Gasteiger partial charge in [0.1, 0.15) is 12.4 Å². The molecule has 3 rings (SSSR count). The molecule has 0 spiro atoms. The van der Waals surface area contributed by atoms with E-state index in [9.17, 15) is 4.79 Å². The Bertz CT molecular complexity index is 961. The molecular weight excluding hydrogens is 390 g/mol. The molecule has 0 aliphatic heterocycles. The first kappa shape index (κ1) is 22.2. The predicted octanol–water partition coefficient (Wildman–Crippen LogP) is 3.22. The lowest BCUT2D eigenvalue weighted by Gasteiger charge is -2.12. The van der Waals surface area contributed by atoms with Crippen LogP contribution in [0.3, 0.4) is 0 Å². The summed E-state index contributed by atoms with van der Waals surface area (Å²) >= 11 is 0. The maximum Gasteiger partial charge on any atom is 0.414 e. The number of carboxylic acids is 2. The van der Waals surface area contributed by atoms with E-state index >= 15 is 0 Å². The number of imidazole rings is 1. The monoisotopic (exact) mass is 411 g/mol. The lowest BCUT2D eigenvalue weighted by molar-refractivity contribution is -0.159. The number of nitrogens with one attached hydrogen (secondary N) is 2. The maximum absolute atomic E-state index is 11.9. The number of alkyl carbamates (subject to hydrolysis) is 1. The van der Waals surface area contributed by atoms with E-state index in [0.29, 0.717) is 5.82 Å². The molecule has 0 fully saturated rings. The topological polar surface area (TPSA) is 142 Å². The fraction of sp³-hybridized carbons (Fsp3) is 0.143. The second-order valence-corrected chi connectivity index (χ2v) is 6.09. The second kappa shape index (κ2) is 11.0. The van der Waals surface area contributed by atoms with Crippen LogP contribution in [0.1, 0.15) is 24.4 Å². The molecule has 30 heavy (non-hydrogen) atoms. The summed E-state index contributed by atoms with van der Waals surface area (Å²) in [4.78, 5) is 37.7. The van der Waals surface area contributed by atoms with Crippen molar-refractivity contribution in [1.29, 1.82) is 0 Å². The third-order valence-electron chi connectivity index (χ3n) is 3.82. The van der Waals surface area contributed by atoms with Crippen LogP contribution >= 0.6 is 0 Å². The molecule has 0 aliphatic carbocycles. The van der Waals surface area contributed by atoms with Gasteiger partial charge in [0.05, 0.1) is 17.9 Å². The van der Waals surface area contributed by atoms with Crippen LogP contribution in [0.5, 0.6) is 0 Å². The fourth-order valence-electron chi connectivity index (χ4n) is 2.33. The smallest absolute Gasteiger partial charge is 0.414 e. The first-order valence-electron chi connectivity index (χ1n) is 8.90. The Morgan fingerprint density at radius 1 is 1.00 bits per heavy atom. The highest BCUT2D eigenvalue weighted by Gasteiger charge is 2.14. The van der Waals surface area contributed by atoms with Crippen molar-refractivity contribution in [2.24, 2.45) is 0 Å². The van der Waals surface area contributed by atoms with Crippen LogP contribution in [0.4, 0.5) is 4.79 Å². The number of benzene rings is 2. The number of amides is 1. The number of hydrogen-bond acceptors (Lipinski definition) is 5. The van der Waals surface area contributed by atoms with Crippen molar-refractivity contribution in [2.45, 2.75) is 19.6 Å². The molecule has 1 heterocycles. The third kappa shape index (κ3) is 7.12. The van der Waals surface area contributed by atoms with Gasteiger partial charge in [0, 0.05) is 0 Å². The first-order valence-corrected chi connectivity index (χ1v) is 8.90. The van der Waals surface area contributed by atoms with E-state index in [4.69, 9.17) is 24.5 Å². The molecule has 1 aromatic heterocycles. The summed E-state index contributed by atoms with van der Waals surface area (Å²) in [6.07, 6.45) is 1.29. The quantitative estimate of drug-likeness (QED) is 0.472. The van der Waals surface area contributed by atoms with E-state index in [2.05, 4.69) is 15.3 Å². The van der Waals surface area contributed by atoms with Crippen LogP contribution in [0.2, 0.25) is 0 Å². The van der Waals surface area contributed by atoms with E-state index in [-0.39, 0.29) is 12.6 Å². The van der Waals surface area contributed by atoms with Gasteiger partial charge in [-0.05, 0) is 18.1 Å². The standard InChI is InChI=1S/C19H19N3O2.C2H2O4/c1-14(21-19(23)24-13-15-8-4-2-5-9-15)18-20-12-17(22-18)16-10-6-3-7-11-16;3-1(4)2(5)6/h2-12,14H,13H2,1H3,(H,20,22)(H,21,23);(H,3,4)(H,5,6)/t14-;/m0./s1. The lowest BCUT2D eigenvalue weighted by Crippen LogP contribution is -2.27. The van der Waals surface area contributed by atoms with Gasteiger partial charge in [-0.2, -0.15) is 0 Å². The third-order valence-corrected chi connectivity index (χ3v) is 3.82. The zero-order chi connectivity index (χ0) is 21.9. The summed E-state index contributed by atoms with van der Waals surface area (Å²) < 4.78 is 5.22. The molecule has 4 N–H and O–H groups in total. The SMILES string of the molecule is C[C@H](NC(=O)OCc1ccccc1)c1ncc(-c2ccccc2)[nH]1.O=C(O)C(=O)O. The van der Waals surface area contributed by atoms with Crippen molar-refractivity contribution in [2.75, 3.05) is 0 Å². The van der Waals surface area contributed by atoms with Gasteiger partial charge in [0.25, 0.3) is 0 Å². The number of carboxylic acid groups (broad SMARTS) is 2. The lowest BCUT2D eigenvalue weighted by atomic mass is 10.2. The van der Waals surface area contributed by atoms with Crippen molar-refractivity contribution < 1.29 is 29.3 Å². The summed E-state index contributed by atoms with van der Waals surface area (Å²) in [6.45, 7) is 2.10. The van der Waals surface area contributed by atoms with Crippen molar-refractivity contribution >= 4 is 18.0 Å². The second-order valence-electron chi connectivity index (χ2n) is 6.09.